The zero-order valence-electron chi connectivity index (χ0n) is 34.0. The van der Waals surface area contributed by atoms with Crippen molar-refractivity contribution in [3.05, 3.63) is 222 Å². The molecule has 0 saturated carbocycles. The second kappa shape index (κ2) is 13.3. The molecule has 0 N–H and O–H groups in total. The quantitative estimate of drug-likeness (QED) is 0.163. The Labute approximate surface area is 347 Å². The summed E-state index contributed by atoms with van der Waals surface area (Å²) in [5.74, 6) is 0. The Bertz CT molecular complexity index is 2980. The van der Waals surface area contributed by atoms with E-state index in [1.807, 2.05) is 0 Å². The van der Waals surface area contributed by atoms with Gasteiger partial charge in [-0.15, -0.1) is 0 Å². The monoisotopic (exact) mass is 755 g/mol. The predicted molar refractivity (Wildman–Crippen MR) is 250 cm³/mol. The van der Waals surface area contributed by atoms with Crippen molar-refractivity contribution in [2.75, 3.05) is 4.90 Å². The van der Waals surface area contributed by atoms with E-state index in [2.05, 4.69) is 233 Å². The third-order valence-electron chi connectivity index (χ3n) is 13.3. The van der Waals surface area contributed by atoms with Gasteiger partial charge in [0, 0.05) is 27.9 Å². The molecule has 0 radical (unpaired) electrons. The summed E-state index contributed by atoms with van der Waals surface area (Å²) in [7, 11) is 0. The minimum absolute atomic E-state index is 0.119. The molecule has 282 valence electrons. The van der Waals surface area contributed by atoms with E-state index < -0.39 is 0 Å². The predicted octanol–water partition coefficient (Wildman–Crippen LogP) is 15.9. The topological polar surface area (TPSA) is 3.24 Å². The molecule has 0 unspecified atom stereocenters. The van der Waals surface area contributed by atoms with Gasteiger partial charge in [0.25, 0.3) is 0 Å². The van der Waals surface area contributed by atoms with E-state index in [9.17, 15) is 0 Å². The van der Waals surface area contributed by atoms with E-state index in [4.69, 9.17) is 0 Å². The summed E-state index contributed by atoms with van der Waals surface area (Å²) in [5.41, 5.74) is 21.3. The molecule has 9 aromatic carbocycles. The second-order valence-electron chi connectivity index (χ2n) is 17.3. The van der Waals surface area contributed by atoms with Crippen LogP contribution in [0.4, 0.5) is 17.1 Å². The van der Waals surface area contributed by atoms with Gasteiger partial charge in [-0.1, -0.05) is 191 Å². The van der Waals surface area contributed by atoms with E-state index in [0.29, 0.717) is 0 Å². The molecule has 0 fully saturated rings. The number of benzene rings is 9. The van der Waals surface area contributed by atoms with Gasteiger partial charge in [0.05, 0.1) is 0 Å². The molecular formula is C58H45N. The molecule has 0 aliphatic heterocycles. The summed E-state index contributed by atoms with van der Waals surface area (Å²) >= 11 is 0. The number of hydrogen-bond acceptors (Lipinski definition) is 1. The highest BCUT2D eigenvalue weighted by molar-refractivity contribution is 5.97. The second-order valence-corrected chi connectivity index (χ2v) is 17.3. The molecule has 9 aromatic rings. The van der Waals surface area contributed by atoms with Crippen molar-refractivity contribution in [2.24, 2.45) is 0 Å². The molecule has 0 aromatic heterocycles. The van der Waals surface area contributed by atoms with Gasteiger partial charge < -0.3 is 4.90 Å². The first-order valence-electron chi connectivity index (χ1n) is 20.8. The highest BCUT2D eigenvalue weighted by Crippen LogP contribution is 2.53. The lowest BCUT2D eigenvalue weighted by molar-refractivity contribution is 0.660. The van der Waals surface area contributed by atoms with Gasteiger partial charge in [-0.3, -0.25) is 0 Å². The van der Waals surface area contributed by atoms with Crippen molar-refractivity contribution in [1.29, 1.82) is 0 Å². The van der Waals surface area contributed by atoms with Crippen LogP contribution in [0.25, 0.3) is 66.4 Å². The first-order valence-corrected chi connectivity index (χ1v) is 20.8. The smallest absolute Gasteiger partial charge is 0.0468 e. The zero-order valence-corrected chi connectivity index (χ0v) is 34.0. The SMILES string of the molecule is CC1(C)c2ccccc2-c2ccc(N(c3ccc(-c4ccc(-c5cccc6ccccc56)cc4)c(-c4ccccc4)c3)c3ccc4c(c3)C(C)(C)c3ccccc3-4)cc21. The van der Waals surface area contributed by atoms with Crippen molar-refractivity contribution >= 4 is 27.8 Å². The minimum atomic E-state index is -0.119. The Balaban J connectivity index is 1.08. The normalized spacial score (nSPS) is 14.0. The highest BCUT2D eigenvalue weighted by Gasteiger charge is 2.37. The number of anilines is 3. The van der Waals surface area contributed by atoms with Crippen molar-refractivity contribution in [1.82, 2.24) is 0 Å². The summed E-state index contributed by atoms with van der Waals surface area (Å²) in [6, 6.07) is 74.4. The van der Waals surface area contributed by atoms with Gasteiger partial charge in [-0.2, -0.15) is 0 Å². The molecule has 59 heavy (non-hydrogen) atoms. The van der Waals surface area contributed by atoms with E-state index in [1.165, 1.54) is 88.7 Å². The summed E-state index contributed by atoms with van der Waals surface area (Å²) in [5, 5.41) is 2.53. The molecule has 11 rings (SSSR count). The fourth-order valence-electron chi connectivity index (χ4n) is 10.2. The highest BCUT2D eigenvalue weighted by atomic mass is 15.1. The van der Waals surface area contributed by atoms with Crippen LogP contribution < -0.4 is 4.90 Å². The number of hydrogen-bond donors (Lipinski definition) is 0. The molecule has 0 saturated heterocycles. The van der Waals surface area contributed by atoms with Crippen molar-refractivity contribution in [3.8, 4) is 55.6 Å². The van der Waals surface area contributed by atoms with E-state index >= 15 is 0 Å². The molecule has 2 aliphatic carbocycles. The largest absolute Gasteiger partial charge is 0.310 e. The van der Waals surface area contributed by atoms with Crippen LogP contribution in [0, 0.1) is 0 Å². The zero-order chi connectivity index (χ0) is 39.9. The van der Waals surface area contributed by atoms with Gasteiger partial charge in [-0.25, -0.2) is 0 Å². The average molecular weight is 756 g/mol. The van der Waals surface area contributed by atoms with Gasteiger partial charge in [0.2, 0.25) is 0 Å². The third kappa shape index (κ3) is 5.53. The van der Waals surface area contributed by atoms with Crippen LogP contribution in [-0.4, -0.2) is 0 Å². The molecule has 1 heteroatoms. The Hall–Kier alpha value is -6.96. The molecule has 0 amide bonds. The van der Waals surface area contributed by atoms with Gasteiger partial charge in [0.1, 0.15) is 0 Å². The lowest BCUT2D eigenvalue weighted by Gasteiger charge is -2.30. The van der Waals surface area contributed by atoms with Crippen LogP contribution in [0.15, 0.2) is 200 Å². The van der Waals surface area contributed by atoms with Crippen molar-refractivity contribution in [3.63, 3.8) is 0 Å². The molecule has 2 aliphatic rings. The first kappa shape index (κ1) is 35.2. The van der Waals surface area contributed by atoms with Gasteiger partial charge >= 0.3 is 0 Å². The maximum Gasteiger partial charge on any atom is 0.0468 e. The van der Waals surface area contributed by atoms with Crippen molar-refractivity contribution in [2.45, 2.75) is 38.5 Å². The summed E-state index contributed by atoms with van der Waals surface area (Å²) in [6.45, 7) is 9.48. The van der Waals surface area contributed by atoms with Crippen LogP contribution in [0.2, 0.25) is 0 Å². The Morgan fingerprint density at radius 1 is 0.288 bits per heavy atom. The molecule has 0 heterocycles. The Morgan fingerprint density at radius 2 is 0.712 bits per heavy atom. The minimum Gasteiger partial charge on any atom is -0.310 e. The molecule has 1 nitrogen and oxygen atoms in total. The molecule has 0 spiro atoms. The average Bonchev–Trinajstić information content (AvgIpc) is 3.65. The maximum atomic E-state index is 2.48. The standard InChI is InChI=1S/C58H45N/c1-57(2)53-23-12-10-20-48(53)50-33-30-43(36-55(50)57)59(44-31-34-51-49-21-11-13-24-54(49)58(3,4)56(51)37-44)42-29-32-47(52(35-42)39-15-6-5-7-16-39)41-27-25-40(26-28-41)46-22-14-18-38-17-8-9-19-45(38)46/h5-37H,1-4H3. The first-order chi connectivity index (χ1) is 28.8. The lowest BCUT2D eigenvalue weighted by Crippen LogP contribution is -2.18. The fraction of sp³-hybridized carbons (Fsp3) is 0.103. The summed E-state index contributed by atoms with van der Waals surface area (Å²) < 4.78 is 0. The molecule has 0 bridgehead atoms. The fourth-order valence-corrected chi connectivity index (χ4v) is 10.2. The summed E-state index contributed by atoms with van der Waals surface area (Å²) in [4.78, 5) is 2.48. The van der Waals surface area contributed by atoms with E-state index in [-0.39, 0.29) is 10.8 Å². The van der Waals surface area contributed by atoms with Crippen LogP contribution >= 0.6 is 0 Å². The van der Waals surface area contributed by atoms with Crippen LogP contribution in [0.1, 0.15) is 49.9 Å². The Morgan fingerprint density at radius 3 is 1.32 bits per heavy atom. The van der Waals surface area contributed by atoms with Crippen LogP contribution in [0.5, 0.6) is 0 Å². The molecular weight excluding hydrogens is 711 g/mol. The Kier molecular flexibility index (Phi) is 7.94. The molecule has 0 atom stereocenters. The van der Waals surface area contributed by atoms with Crippen LogP contribution in [-0.2, 0) is 10.8 Å². The van der Waals surface area contributed by atoms with Crippen molar-refractivity contribution < 1.29 is 0 Å². The summed E-state index contributed by atoms with van der Waals surface area (Å²) in [6.07, 6.45) is 0. The number of fused-ring (bicyclic) bond motifs is 7. The lowest BCUT2D eigenvalue weighted by atomic mass is 9.82. The maximum absolute atomic E-state index is 2.48. The van der Waals surface area contributed by atoms with Gasteiger partial charge in [0.15, 0.2) is 0 Å². The third-order valence-corrected chi connectivity index (χ3v) is 13.3. The number of rotatable bonds is 6. The van der Waals surface area contributed by atoms with E-state index in [0.717, 1.165) is 17.1 Å². The van der Waals surface area contributed by atoms with E-state index in [1.54, 1.807) is 0 Å². The van der Waals surface area contributed by atoms with Gasteiger partial charge in [-0.05, 0) is 125 Å². The van der Waals surface area contributed by atoms with Crippen LogP contribution in [0.3, 0.4) is 0 Å². The number of nitrogens with zero attached hydrogens (tertiary/aromatic N) is 1.